The van der Waals surface area contributed by atoms with Crippen LogP contribution in [0.15, 0.2) is 48.9 Å². The van der Waals surface area contributed by atoms with Crippen molar-refractivity contribution in [3.63, 3.8) is 0 Å². The third-order valence-corrected chi connectivity index (χ3v) is 5.26. The molecule has 0 spiro atoms. The minimum Gasteiger partial charge on any atom is -0.485 e. The van der Waals surface area contributed by atoms with Crippen LogP contribution in [0.5, 0.6) is 5.75 Å². The molecule has 4 aromatic rings. The molecular weight excluding hydrogens is 395 g/mol. The highest BCUT2D eigenvalue weighted by Gasteiger charge is 2.20. The van der Waals surface area contributed by atoms with Crippen molar-refractivity contribution in [2.24, 2.45) is 0 Å². The zero-order chi connectivity index (χ0) is 21.5. The second kappa shape index (κ2) is 7.22. The molecule has 0 saturated heterocycles. The van der Waals surface area contributed by atoms with Crippen LogP contribution in [0.25, 0.3) is 22.5 Å². The Hall–Kier alpha value is -4.25. The van der Waals surface area contributed by atoms with Crippen LogP contribution < -0.4 is 10.5 Å². The topological polar surface area (TPSA) is 103 Å². The molecule has 2 N–H and O–H groups in total. The minimum atomic E-state index is -0.362. The molecule has 2 bridgehead atoms. The lowest BCUT2D eigenvalue weighted by Gasteiger charge is -2.18. The van der Waals surface area contributed by atoms with Crippen LogP contribution in [-0.2, 0) is 13.2 Å². The van der Waals surface area contributed by atoms with Crippen molar-refractivity contribution in [3.8, 4) is 34.3 Å². The van der Waals surface area contributed by atoms with E-state index in [9.17, 15) is 9.65 Å². The Bertz CT molecular complexity index is 1370. The van der Waals surface area contributed by atoms with Crippen LogP contribution in [0, 0.1) is 24.1 Å². The van der Waals surface area contributed by atoms with Crippen molar-refractivity contribution in [2.45, 2.75) is 20.1 Å². The van der Waals surface area contributed by atoms with Crippen molar-refractivity contribution >= 4 is 5.82 Å². The number of pyridine rings is 2. The van der Waals surface area contributed by atoms with E-state index in [1.165, 1.54) is 12.1 Å². The molecule has 0 aliphatic carbocycles. The van der Waals surface area contributed by atoms with Gasteiger partial charge in [0.15, 0.2) is 17.3 Å². The normalized spacial score (nSPS) is 12.3. The Morgan fingerprint density at radius 3 is 2.87 bits per heavy atom. The van der Waals surface area contributed by atoms with Gasteiger partial charge in [0.25, 0.3) is 0 Å². The highest BCUT2D eigenvalue weighted by atomic mass is 19.1. The second-order valence-corrected chi connectivity index (χ2v) is 7.34. The lowest BCUT2D eigenvalue weighted by molar-refractivity contribution is 0.307. The number of nitrogens with zero attached hydrogens (tertiary/aromatic N) is 5. The molecule has 3 aromatic heterocycles. The van der Waals surface area contributed by atoms with Gasteiger partial charge in [-0.25, -0.2) is 14.4 Å². The van der Waals surface area contributed by atoms with Gasteiger partial charge in [-0.2, -0.15) is 5.26 Å². The molecule has 0 unspecified atom stereocenters. The molecule has 0 saturated carbocycles. The smallest absolute Gasteiger partial charge is 0.166 e. The van der Waals surface area contributed by atoms with E-state index in [1.807, 2.05) is 23.6 Å². The Kier molecular flexibility index (Phi) is 4.37. The Morgan fingerprint density at radius 2 is 2.03 bits per heavy atom. The lowest BCUT2D eigenvalue weighted by atomic mass is 9.99. The molecule has 4 heterocycles. The Balaban J connectivity index is 1.81. The number of hydrogen-bond acceptors (Lipinski definition) is 6. The third kappa shape index (κ3) is 3.26. The molecule has 1 aromatic carbocycles. The number of rotatable bonds is 0. The summed E-state index contributed by atoms with van der Waals surface area (Å²) in [5.74, 6) is 0.194. The first-order chi connectivity index (χ1) is 15.0. The Labute approximate surface area is 177 Å². The maximum absolute atomic E-state index is 14.1. The van der Waals surface area contributed by atoms with Gasteiger partial charge >= 0.3 is 0 Å². The molecule has 1 aliphatic rings. The summed E-state index contributed by atoms with van der Waals surface area (Å²) in [7, 11) is 0. The maximum Gasteiger partial charge on any atom is 0.166 e. The fourth-order valence-electron chi connectivity index (χ4n) is 3.78. The van der Waals surface area contributed by atoms with Gasteiger partial charge in [0.1, 0.15) is 18.5 Å². The summed E-state index contributed by atoms with van der Waals surface area (Å²) in [5.41, 5.74) is 11.5. The first kappa shape index (κ1) is 18.8. The molecule has 8 heteroatoms. The standard InChI is InChI=1S/C23H17FN6O/c1-13-2-3-14-10-30-12-28-19(8-25)22(30)15-7-20(23(26)27-9-15)31-11-16-6-17(24)4-5-18(16)21(14)29-13/h2-7,9,12H,10-11H2,1H3,(H2,26,27). The molecule has 152 valence electrons. The largest absolute Gasteiger partial charge is 0.485 e. The molecule has 0 radical (unpaired) electrons. The third-order valence-electron chi connectivity index (χ3n) is 5.26. The van der Waals surface area contributed by atoms with Crippen LogP contribution >= 0.6 is 0 Å². The number of aromatic nitrogens is 4. The van der Waals surface area contributed by atoms with E-state index in [4.69, 9.17) is 15.5 Å². The van der Waals surface area contributed by atoms with Crippen molar-refractivity contribution in [1.82, 2.24) is 19.5 Å². The average Bonchev–Trinajstić information content (AvgIpc) is 3.16. The van der Waals surface area contributed by atoms with Crippen molar-refractivity contribution < 1.29 is 9.13 Å². The Morgan fingerprint density at radius 1 is 1.16 bits per heavy atom. The number of halogens is 1. The number of fused-ring (bicyclic) bond motifs is 7. The van der Waals surface area contributed by atoms with Gasteiger partial charge in [0.2, 0.25) is 0 Å². The maximum atomic E-state index is 14.1. The zero-order valence-electron chi connectivity index (χ0n) is 16.6. The molecule has 5 rings (SSSR count). The summed E-state index contributed by atoms with van der Waals surface area (Å²) in [6, 6.07) is 12.3. The van der Waals surface area contributed by atoms with Gasteiger partial charge in [0.05, 0.1) is 24.3 Å². The summed E-state index contributed by atoms with van der Waals surface area (Å²) in [4.78, 5) is 13.2. The summed E-state index contributed by atoms with van der Waals surface area (Å²) in [6.07, 6.45) is 3.20. The number of nitriles is 1. The number of anilines is 1. The number of aryl methyl sites for hydroxylation is 1. The van der Waals surface area contributed by atoms with Gasteiger partial charge in [-0.05, 0) is 42.8 Å². The molecule has 1 aliphatic heterocycles. The van der Waals surface area contributed by atoms with Crippen molar-refractivity contribution in [2.75, 3.05) is 5.73 Å². The predicted molar refractivity (Wildman–Crippen MR) is 112 cm³/mol. The monoisotopic (exact) mass is 412 g/mol. The van der Waals surface area contributed by atoms with E-state index >= 15 is 0 Å². The predicted octanol–water partition coefficient (Wildman–Crippen LogP) is 3.85. The van der Waals surface area contributed by atoms with Crippen LogP contribution in [-0.4, -0.2) is 19.5 Å². The molecular formula is C23H17FN6O. The quantitative estimate of drug-likeness (QED) is 0.471. The fraction of sp³-hybridized carbons (Fsp3) is 0.130. The first-order valence-electron chi connectivity index (χ1n) is 9.62. The average molecular weight is 412 g/mol. The highest BCUT2D eigenvalue weighted by molar-refractivity contribution is 5.71. The highest BCUT2D eigenvalue weighted by Crippen LogP contribution is 2.34. The molecule has 0 amide bonds. The summed E-state index contributed by atoms with van der Waals surface area (Å²) >= 11 is 0. The van der Waals surface area contributed by atoms with E-state index in [2.05, 4.69) is 16.0 Å². The first-order valence-corrected chi connectivity index (χ1v) is 9.62. The van der Waals surface area contributed by atoms with Crippen LogP contribution in [0.2, 0.25) is 0 Å². The fourth-order valence-corrected chi connectivity index (χ4v) is 3.78. The van der Waals surface area contributed by atoms with Crippen LogP contribution in [0.4, 0.5) is 10.2 Å². The number of nitrogens with two attached hydrogens (primary N) is 1. The summed E-state index contributed by atoms with van der Waals surface area (Å²) < 4.78 is 21.9. The van der Waals surface area contributed by atoms with Gasteiger partial charge in [-0.3, -0.25) is 4.98 Å². The van der Waals surface area contributed by atoms with Crippen molar-refractivity contribution in [1.29, 1.82) is 5.26 Å². The van der Waals surface area contributed by atoms with Gasteiger partial charge in [-0.1, -0.05) is 6.07 Å². The van der Waals surface area contributed by atoms with Crippen LogP contribution in [0.3, 0.4) is 0 Å². The van der Waals surface area contributed by atoms with Gasteiger partial charge in [-0.15, -0.1) is 0 Å². The molecule has 0 fully saturated rings. The lowest BCUT2D eigenvalue weighted by Crippen LogP contribution is -2.09. The van der Waals surface area contributed by atoms with Crippen LogP contribution in [0.1, 0.15) is 22.5 Å². The van der Waals surface area contributed by atoms with E-state index in [-0.39, 0.29) is 23.9 Å². The van der Waals surface area contributed by atoms with E-state index in [1.54, 1.807) is 24.7 Å². The number of hydrogen-bond donors (Lipinski definition) is 1. The molecule has 0 atom stereocenters. The van der Waals surface area contributed by atoms with E-state index in [0.29, 0.717) is 29.1 Å². The van der Waals surface area contributed by atoms with E-state index in [0.717, 1.165) is 22.5 Å². The number of imidazole rings is 1. The number of nitrogen functional groups attached to an aromatic ring is 1. The van der Waals surface area contributed by atoms with E-state index < -0.39 is 0 Å². The SMILES string of the molecule is Cc1ccc2c(n1)-c1ccc(F)cc1COc1cc(cnc1N)-c1c(C#N)ncn1C2. The number of benzene rings is 1. The van der Waals surface area contributed by atoms with Gasteiger partial charge in [0, 0.05) is 28.6 Å². The van der Waals surface area contributed by atoms with Crippen molar-refractivity contribution in [3.05, 3.63) is 77.3 Å². The van der Waals surface area contributed by atoms with Gasteiger partial charge < -0.3 is 15.0 Å². The second-order valence-electron chi connectivity index (χ2n) is 7.34. The molecule has 31 heavy (non-hydrogen) atoms. The summed E-state index contributed by atoms with van der Waals surface area (Å²) in [6.45, 7) is 2.41. The summed E-state index contributed by atoms with van der Waals surface area (Å²) in [5, 5.41) is 9.59. The minimum absolute atomic E-state index is 0.0852. The zero-order valence-corrected chi connectivity index (χ0v) is 16.6. The molecule has 7 nitrogen and oxygen atoms in total. The number of ether oxygens (including phenoxy) is 1.